The van der Waals surface area contributed by atoms with Crippen molar-refractivity contribution in [1.29, 1.82) is 0 Å². The zero-order chi connectivity index (χ0) is 8.10. The van der Waals surface area contributed by atoms with Crippen molar-refractivity contribution in [2.24, 2.45) is 0 Å². The zero-order valence-electron chi connectivity index (χ0n) is 6.89. The molecule has 1 heterocycles. The summed E-state index contributed by atoms with van der Waals surface area (Å²) in [6.07, 6.45) is 1.19. The van der Waals surface area contributed by atoms with E-state index in [0.717, 1.165) is 6.54 Å². The molecular formula is C8H13NS2. The lowest BCUT2D eigenvalue weighted by Crippen LogP contribution is -2.12. The van der Waals surface area contributed by atoms with Crippen LogP contribution in [0.2, 0.25) is 0 Å². The van der Waals surface area contributed by atoms with Gasteiger partial charge in [-0.3, -0.25) is 0 Å². The molecule has 0 aromatic carbocycles. The molecule has 3 heteroatoms. The SMILES string of the molecule is CCCNC(C)=C1SC=CS1. The Labute approximate surface area is 76.7 Å². The first kappa shape index (κ1) is 9.07. The lowest BCUT2D eigenvalue weighted by Gasteiger charge is -2.06. The van der Waals surface area contributed by atoms with Gasteiger partial charge in [-0.05, 0) is 24.2 Å². The standard InChI is InChI=1S/C8H13NS2/c1-3-4-9-7(2)8-10-5-6-11-8/h5-6,9H,3-4H2,1-2H3. The van der Waals surface area contributed by atoms with Crippen LogP contribution in [-0.2, 0) is 0 Å². The van der Waals surface area contributed by atoms with Crippen molar-refractivity contribution in [2.75, 3.05) is 6.54 Å². The monoisotopic (exact) mass is 187 g/mol. The predicted octanol–water partition coefficient (Wildman–Crippen LogP) is 3.13. The Morgan fingerprint density at radius 1 is 1.45 bits per heavy atom. The highest BCUT2D eigenvalue weighted by atomic mass is 32.2. The summed E-state index contributed by atoms with van der Waals surface area (Å²) in [6, 6.07) is 0. The topological polar surface area (TPSA) is 12.0 Å². The normalized spacial score (nSPS) is 15.6. The van der Waals surface area contributed by atoms with E-state index in [0.29, 0.717) is 0 Å². The smallest absolute Gasteiger partial charge is 0.0673 e. The predicted molar refractivity (Wildman–Crippen MR) is 55.3 cm³/mol. The third-order valence-electron chi connectivity index (χ3n) is 1.35. The van der Waals surface area contributed by atoms with E-state index in [9.17, 15) is 0 Å². The van der Waals surface area contributed by atoms with Crippen LogP contribution in [0.25, 0.3) is 0 Å². The molecule has 0 fully saturated rings. The summed E-state index contributed by atoms with van der Waals surface area (Å²) in [5, 5.41) is 7.62. The molecule has 1 rings (SSSR count). The van der Waals surface area contributed by atoms with Crippen molar-refractivity contribution < 1.29 is 0 Å². The minimum atomic E-state index is 1.08. The van der Waals surface area contributed by atoms with E-state index in [-0.39, 0.29) is 0 Å². The van der Waals surface area contributed by atoms with Gasteiger partial charge in [-0.25, -0.2) is 0 Å². The second kappa shape index (κ2) is 4.78. The molecule has 0 saturated heterocycles. The van der Waals surface area contributed by atoms with E-state index in [1.807, 2.05) is 0 Å². The Balaban J connectivity index is 2.37. The first-order chi connectivity index (χ1) is 5.34. The van der Waals surface area contributed by atoms with Crippen LogP contribution >= 0.6 is 23.5 Å². The molecule has 0 aromatic heterocycles. The lowest BCUT2D eigenvalue weighted by atomic mass is 10.4. The lowest BCUT2D eigenvalue weighted by molar-refractivity contribution is 0.770. The van der Waals surface area contributed by atoms with Crippen molar-refractivity contribution in [1.82, 2.24) is 5.32 Å². The highest BCUT2D eigenvalue weighted by Gasteiger charge is 2.05. The van der Waals surface area contributed by atoms with Gasteiger partial charge in [0.05, 0.1) is 4.24 Å². The molecule has 62 valence electrons. The summed E-state index contributed by atoms with van der Waals surface area (Å²) < 4.78 is 1.39. The van der Waals surface area contributed by atoms with E-state index >= 15 is 0 Å². The molecule has 11 heavy (non-hydrogen) atoms. The molecule has 0 aromatic rings. The zero-order valence-corrected chi connectivity index (χ0v) is 8.52. The van der Waals surface area contributed by atoms with Gasteiger partial charge in [0.15, 0.2) is 0 Å². The van der Waals surface area contributed by atoms with E-state index < -0.39 is 0 Å². The maximum atomic E-state index is 3.37. The molecule has 0 radical (unpaired) electrons. The molecule has 0 saturated carbocycles. The van der Waals surface area contributed by atoms with Crippen LogP contribution in [-0.4, -0.2) is 6.54 Å². The van der Waals surface area contributed by atoms with E-state index in [1.165, 1.54) is 16.4 Å². The van der Waals surface area contributed by atoms with Crippen molar-refractivity contribution >= 4 is 23.5 Å². The van der Waals surface area contributed by atoms with Crippen LogP contribution in [0, 0.1) is 0 Å². The van der Waals surface area contributed by atoms with E-state index in [1.54, 1.807) is 23.5 Å². The Morgan fingerprint density at radius 3 is 2.64 bits per heavy atom. The quantitative estimate of drug-likeness (QED) is 0.729. The Hall–Kier alpha value is -0.0200. The highest BCUT2D eigenvalue weighted by molar-refractivity contribution is 8.27. The van der Waals surface area contributed by atoms with Crippen molar-refractivity contribution in [3.8, 4) is 0 Å². The molecule has 0 atom stereocenters. The molecule has 1 aliphatic heterocycles. The van der Waals surface area contributed by atoms with Gasteiger partial charge < -0.3 is 5.32 Å². The summed E-state index contributed by atoms with van der Waals surface area (Å²) >= 11 is 3.60. The third kappa shape index (κ3) is 2.83. The number of hydrogen-bond donors (Lipinski definition) is 1. The Bertz CT molecular complexity index is 175. The number of allylic oxidation sites excluding steroid dienone is 1. The number of nitrogens with one attached hydrogen (secondary N) is 1. The molecule has 0 spiro atoms. The van der Waals surface area contributed by atoms with Crippen LogP contribution in [0.3, 0.4) is 0 Å². The fourth-order valence-corrected chi connectivity index (χ4v) is 2.51. The molecule has 0 amide bonds. The van der Waals surface area contributed by atoms with Gasteiger partial charge in [-0.1, -0.05) is 30.4 Å². The summed E-state index contributed by atoms with van der Waals surface area (Å²) in [4.78, 5) is 0. The Morgan fingerprint density at radius 2 is 2.09 bits per heavy atom. The molecule has 0 unspecified atom stereocenters. The van der Waals surface area contributed by atoms with Crippen LogP contribution < -0.4 is 5.32 Å². The maximum Gasteiger partial charge on any atom is 0.0673 e. The van der Waals surface area contributed by atoms with Crippen molar-refractivity contribution in [3.63, 3.8) is 0 Å². The molecule has 1 N–H and O–H groups in total. The van der Waals surface area contributed by atoms with E-state index in [4.69, 9.17) is 0 Å². The van der Waals surface area contributed by atoms with Gasteiger partial charge in [0, 0.05) is 12.2 Å². The fraction of sp³-hybridized carbons (Fsp3) is 0.500. The van der Waals surface area contributed by atoms with Crippen LogP contribution in [0.4, 0.5) is 0 Å². The summed E-state index contributed by atoms with van der Waals surface area (Å²) in [7, 11) is 0. The molecule has 0 bridgehead atoms. The minimum Gasteiger partial charge on any atom is -0.387 e. The largest absolute Gasteiger partial charge is 0.387 e. The van der Waals surface area contributed by atoms with Crippen molar-refractivity contribution in [3.05, 3.63) is 20.8 Å². The third-order valence-corrected chi connectivity index (χ3v) is 3.69. The number of hydrogen-bond acceptors (Lipinski definition) is 3. The van der Waals surface area contributed by atoms with Gasteiger partial charge in [-0.15, -0.1) is 0 Å². The van der Waals surface area contributed by atoms with Crippen LogP contribution in [0.1, 0.15) is 20.3 Å². The summed E-state index contributed by atoms with van der Waals surface area (Å²) in [6.45, 7) is 5.40. The Kier molecular flexibility index (Phi) is 3.94. The summed E-state index contributed by atoms with van der Waals surface area (Å²) in [5.74, 6) is 0. The van der Waals surface area contributed by atoms with Gasteiger partial charge in [0.2, 0.25) is 0 Å². The number of rotatable bonds is 3. The van der Waals surface area contributed by atoms with Crippen LogP contribution in [0.5, 0.6) is 0 Å². The fourth-order valence-electron chi connectivity index (χ4n) is 0.768. The highest BCUT2D eigenvalue weighted by Crippen LogP contribution is 2.38. The van der Waals surface area contributed by atoms with Gasteiger partial charge >= 0.3 is 0 Å². The first-order valence-electron chi connectivity index (χ1n) is 3.77. The van der Waals surface area contributed by atoms with E-state index in [2.05, 4.69) is 30.0 Å². The van der Waals surface area contributed by atoms with Gasteiger partial charge in [0.25, 0.3) is 0 Å². The van der Waals surface area contributed by atoms with Gasteiger partial charge in [0.1, 0.15) is 0 Å². The maximum absolute atomic E-state index is 3.37. The van der Waals surface area contributed by atoms with Crippen molar-refractivity contribution in [2.45, 2.75) is 20.3 Å². The summed E-state index contributed by atoms with van der Waals surface area (Å²) in [5.41, 5.74) is 1.31. The van der Waals surface area contributed by atoms with Crippen LogP contribution in [0.15, 0.2) is 20.8 Å². The minimum absolute atomic E-state index is 1.08. The second-order valence-electron chi connectivity index (χ2n) is 2.35. The molecular weight excluding hydrogens is 174 g/mol. The average Bonchev–Trinajstić information content (AvgIpc) is 2.52. The average molecular weight is 187 g/mol. The molecule has 0 aliphatic carbocycles. The first-order valence-corrected chi connectivity index (χ1v) is 5.53. The molecule has 1 nitrogen and oxygen atoms in total. The van der Waals surface area contributed by atoms with Gasteiger partial charge in [-0.2, -0.15) is 0 Å². The molecule has 1 aliphatic rings. The number of thioether (sulfide) groups is 2. The second-order valence-corrected chi connectivity index (χ2v) is 4.44.